The Morgan fingerprint density at radius 2 is 1.86 bits per heavy atom. The van der Waals surface area contributed by atoms with Gasteiger partial charge in [0.25, 0.3) is 5.91 Å². The van der Waals surface area contributed by atoms with Crippen LogP contribution in [0.25, 0.3) is 5.82 Å². The lowest BCUT2D eigenvalue weighted by atomic mass is 10.0. The van der Waals surface area contributed by atoms with Crippen molar-refractivity contribution in [1.29, 1.82) is 0 Å². The molecule has 3 aliphatic rings. The fourth-order valence-electron chi connectivity index (χ4n) is 6.20. The van der Waals surface area contributed by atoms with Gasteiger partial charge in [-0.15, -0.1) is 5.10 Å². The Kier molecular flexibility index (Phi) is 7.83. The van der Waals surface area contributed by atoms with E-state index < -0.39 is 28.5 Å². The summed E-state index contributed by atoms with van der Waals surface area (Å²) in [4.78, 5) is 27.3. The number of amides is 1. The van der Waals surface area contributed by atoms with E-state index in [4.69, 9.17) is 9.72 Å². The van der Waals surface area contributed by atoms with Gasteiger partial charge in [-0.25, -0.2) is 18.9 Å². The summed E-state index contributed by atoms with van der Waals surface area (Å²) in [5, 5.41) is 4.65. The lowest BCUT2D eigenvalue weighted by Gasteiger charge is -2.38. The summed E-state index contributed by atoms with van der Waals surface area (Å²) in [5.74, 6) is 1.21. The smallest absolute Gasteiger partial charge is 0.394 e. The van der Waals surface area contributed by atoms with Crippen LogP contribution >= 0.6 is 0 Å². The second-order valence-corrected chi connectivity index (χ2v) is 13.6. The summed E-state index contributed by atoms with van der Waals surface area (Å²) < 4.78 is 62.7. The highest BCUT2D eigenvalue weighted by Crippen LogP contribution is 2.59. The quantitative estimate of drug-likeness (QED) is 0.410. The van der Waals surface area contributed by atoms with Crippen LogP contribution in [0, 0.1) is 5.41 Å². The van der Waals surface area contributed by atoms with Crippen LogP contribution in [0.2, 0.25) is 0 Å². The monoisotopic (exact) mass is 631 g/mol. The Morgan fingerprint density at radius 3 is 2.61 bits per heavy atom. The van der Waals surface area contributed by atoms with Gasteiger partial charge in [-0.2, -0.15) is 13.2 Å². The normalized spacial score (nSPS) is 22.9. The van der Waals surface area contributed by atoms with Crippen LogP contribution in [0.5, 0.6) is 5.88 Å². The molecule has 14 heteroatoms. The van der Waals surface area contributed by atoms with Crippen LogP contribution in [0.1, 0.15) is 69.2 Å². The molecule has 5 heterocycles. The number of halogens is 3. The Balaban J connectivity index is 1.31. The van der Waals surface area contributed by atoms with Gasteiger partial charge in [-0.05, 0) is 83.1 Å². The molecular weight excluding hydrogens is 595 g/mol. The second kappa shape index (κ2) is 11.4. The van der Waals surface area contributed by atoms with Crippen molar-refractivity contribution in [3.05, 3.63) is 48.2 Å². The van der Waals surface area contributed by atoms with E-state index in [-0.39, 0.29) is 53.9 Å². The predicted octanol–water partition coefficient (Wildman–Crippen LogP) is 5.20. The number of nitrogens with zero attached hydrogens (tertiary/aromatic N) is 6. The van der Waals surface area contributed by atoms with Crippen LogP contribution in [0.15, 0.2) is 47.6 Å². The van der Waals surface area contributed by atoms with Crippen molar-refractivity contribution in [3.8, 4) is 11.7 Å². The molecule has 0 radical (unpaired) electrons. The summed E-state index contributed by atoms with van der Waals surface area (Å²) in [5.41, 5.74) is -1.68. The molecule has 0 aromatic carbocycles. The van der Waals surface area contributed by atoms with Crippen LogP contribution in [0.4, 0.5) is 24.8 Å². The maximum atomic E-state index is 13.6. The van der Waals surface area contributed by atoms with Gasteiger partial charge in [-0.1, -0.05) is 6.07 Å². The van der Waals surface area contributed by atoms with E-state index in [1.54, 1.807) is 36.5 Å². The molecule has 2 bridgehead atoms. The Labute approximate surface area is 256 Å². The van der Waals surface area contributed by atoms with Gasteiger partial charge in [0.05, 0.1) is 17.6 Å². The number of ether oxygens (including phenoxy) is 1. The van der Waals surface area contributed by atoms with E-state index in [1.807, 2.05) is 18.0 Å². The minimum absolute atomic E-state index is 0.0952. The summed E-state index contributed by atoms with van der Waals surface area (Å²) in [6, 6.07) is 10.2. The van der Waals surface area contributed by atoms with Crippen LogP contribution in [0.3, 0.4) is 0 Å². The van der Waals surface area contributed by atoms with Crippen molar-refractivity contribution in [2.24, 2.45) is 5.41 Å². The van der Waals surface area contributed by atoms with E-state index in [9.17, 15) is 22.2 Å². The van der Waals surface area contributed by atoms with Crippen LogP contribution in [-0.4, -0.2) is 67.8 Å². The molecule has 3 aromatic heterocycles. The number of pyridine rings is 2. The molecule has 2 atom stereocenters. The summed E-state index contributed by atoms with van der Waals surface area (Å²) in [6.07, 6.45) is 1.09. The Morgan fingerprint density at radius 1 is 1.07 bits per heavy atom. The van der Waals surface area contributed by atoms with E-state index in [2.05, 4.69) is 33.6 Å². The number of nitrogens with one attached hydrogen (secondary N) is 1. The highest BCUT2D eigenvalue weighted by atomic mass is 32.2. The zero-order chi connectivity index (χ0) is 31.3. The van der Waals surface area contributed by atoms with Gasteiger partial charge in [-0.3, -0.25) is 9.52 Å². The number of rotatable bonds is 5. The first kappa shape index (κ1) is 30.4. The number of aromatic nitrogens is 4. The van der Waals surface area contributed by atoms with E-state index >= 15 is 0 Å². The largest absolute Gasteiger partial charge is 0.477 e. The Bertz CT molecular complexity index is 1570. The van der Waals surface area contributed by atoms with Gasteiger partial charge in [0.15, 0.2) is 21.8 Å². The van der Waals surface area contributed by atoms with E-state index in [0.717, 1.165) is 32.2 Å². The SMILES string of the molecule is CN1CCC[C@H]2CCC(C)(C)N2c2nc(-n3ccc(OCCC4(C(F)(F)F)CC4)n3)ccc2C(=O)NS(=O)c2cccc1n2. The van der Waals surface area contributed by atoms with E-state index in [0.29, 0.717) is 17.5 Å². The van der Waals surface area contributed by atoms with Crippen molar-refractivity contribution in [2.45, 2.75) is 81.6 Å². The zero-order valence-electron chi connectivity index (χ0n) is 24.9. The van der Waals surface area contributed by atoms with Crippen LogP contribution < -0.4 is 19.3 Å². The molecule has 1 amide bonds. The summed E-state index contributed by atoms with van der Waals surface area (Å²) in [7, 11) is 0.0460. The van der Waals surface area contributed by atoms with Crippen molar-refractivity contribution in [1.82, 2.24) is 24.5 Å². The van der Waals surface area contributed by atoms with Gasteiger partial charge in [0, 0.05) is 37.4 Å². The predicted molar refractivity (Wildman–Crippen MR) is 159 cm³/mol. The lowest BCUT2D eigenvalue weighted by molar-refractivity contribution is -0.190. The molecule has 1 N–H and O–H groups in total. The molecule has 10 nitrogen and oxygen atoms in total. The molecule has 1 unspecified atom stereocenters. The molecule has 1 saturated heterocycles. The van der Waals surface area contributed by atoms with Crippen molar-refractivity contribution >= 4 is 28.5 Å². The number of anilines is 2. The van der Waals surface area contributed by atoms with Gasteiger partial charge in [0.2, 0.25) is 5.88 Å². The number of carbonyl (C=O) groups excluding carboxylic acids is 1. The number of fused-ring (bicyclic) bond motifs is 5. The molecular formula is C30H36F3N7O3S. The van der Waals surface area contributed by atoms with Crippen molar-refractivity contribution in [3.63, 3.8) is 0 Å². The minimum atomic E-state index is -4.23. The van der Waals surface area contributed by atoms with Crippen molar-refractivity contribution < 1.29 is 26.9 Å². The summed E-state index contributed by atoms with van der Waals surface area (Å²) in [6.45, 7) is 4.90. The van der Waals surface area contributed by atoms with Crippen LogP contribution in [-0.2, 0) is 11.0 Å². The number of hydrogen-bond donors (Lipinski definition) is 1. The van der Waals surface area contributed by atoms with Gasteiger partial charge in [0.1, 0.15) is 11.6 Å². The second-order valence-electron chi connectivity index (χ2n) is 12.5. The third kappa shape index (κ3) is 5.87. The molecule has 1 saturated carbocycles. The average Bonchev–Trinajstić information content (AvgIpc) is 3.54. The fraction of sp³-hybridized carbons (Fsp3) is 0.533. The third-order valence-corrected chi connectivity index (χ3v) is 10.0. The average molecular weight is 632 g/mol. The standard InChI is InChI=1S/C30H36F3N7O3S/c1-28(2)13-11-20-6-5-17-38(3)22-7-4-8-25(34-22)44(42)37-27(41)21-9-10-23(35-26(21)40(20)28)39-18-12-24(36-39)43-19-16-29(14-15-29)30(31,32)33/h4,7-10,12,18,20H,5-6,11,13-17,19H2,1-3H3,(H,37,41)/t20-,44?/m0/s1. The third-order valence-electron chi connectivity index (χ3n) is 9.03. The molecule has 236 valence electrons. The molecule has 1 aliphatic carbocycles. The van der Waals surface area contributed by atoms with Crippen molar-refractivity contribution in [2.75, 3.05) is 30.0 Å². The zero-order valence-corrected chi connectivity index (χ0v) is 25.7. The number of carbonyl (C=O) groups is 1. The Hall–Kier alpha value is -3.68. The first-order chi connectivity index (χ1) is 20.9. The number of alkyl halides is 3. The number of hydrogen-bond acceptors (Lipinski definition) is 8. The molecule has 0 spiro atoms. The first-order valence-corrected chi connectivity index (χ1v) is 16.0. The highest BCUT2D eigenvalue weighted by Gasteiger charge is 2.62. The highest BCUT2D eigenvalue weighted by molar-refractivity contribution is 7.83. The first-order valence-electron chi connectivity index (χ1n) is 14.8. The van der Waals surface area contributed by atoms with Gasteiger partial charge < -0.3 is 14.5 Å². The molecule has 2 fully saturated rings. The van der Waals surface area contributed by atoms with Gasteiger partial charge >= 0.3 is 6.18 Å². The molecule has 44 heavy (non-hydrogen) atoms. The molecule has 6 rings (SSSR count). The maximum absolute atomic E-state index is 13.6. The molecule has 3 aromatic rings. The summed E-state index contributed by atoms with van der Waals surface area (Å²) >= 11 is 0. The molecule has 2 aliphatic heterocycles. The topological polar surface area (TPSA) is 105 Å². The lowest BCUT2D eigenvalue weighted by Crippen LogP contribution is -2.45. The minimum Gasteiger partial charge on any atom is -0.477 e. The fourth-order valence-corrected chi connectivity index (χ4v) is 6.96. The van der Waals surface area contributed by atoms with E-state index in [1.165, 1.54) is 4.68 Å². The maximum Gasteiger partial charge on any atom is 0.394 e.